The van der Waals surface area contributed by atoms with Crippen LogP contribution in [0.25, 0.3) is 11.0 Å². The highest BCUT2D eigenvalue weighted by atomic mass is 35.5. The Balaban J connectivity index is 1.79. The summed E-state index contributed by atoms with van der Waals surface area (Å²) >= 11 is 5.72. The van der Waals surface area contributed by atoms with Crippen LogP contribution in [-0.2, 0) is 0 Å². The standard InChI is InChI=1S/C15H12ClN3O2/c1-9(13-6-10-4-2-3-5-12(10)21-13)18-15(20)11-7-17-8-14(16)19-11/h2-9H,1H3,(H,18,20). The number of aromatic nitrogens is 2. The molecule has 0 aliphatic carbocycles. The van der Waals surface area contributed by atoms with E-state index in [1.54, 1.807) is 0 Å². The van der Waals surface area contributed by atoms with Crippen LogP contribution in [0.4, 0.5) is 0 Å². The van der Waals surface area contributed by atoms with E-state index in [-0.39, 0.29) is 22.8 Å². The Hall–Kier alpha value is -2.40. The first-order valence-corrected chi connectivity index (χ1v) is 6.78. The summed E-state index contributed by atoms with van der Waals surface area (Å²) in [6.45, 7) is 1.84. The molecule has 1 N–H and O–H groups in total. The van der Waals surface area contributed by atoms with E-state index in [0.29, 0.717) is 5.76 Å². The first kappa shape index (κ1) is 13.6. The highest BCUT2D eigenvalue weighted by Crippen LogP contribution is 2.23. The van der Waals surface area contributed by atoms with Gasteiger partial charge in [0, 0.05) is 5.39 Å². The third-order valence-electron chi connectivity index (χ3n) is 3.06. The molecule has 0 saturated heterocycles. The van der Waals surface area contributed by atoms with E-state index >= 15 is 0 Å². The Morgan fingerprint density at radius 2 is 2.14 bits per heavy atom. The molecule has 0 radical (unpaired) electrons. The maximum absolute atomic E-state index is 12.1. The zero-order valence-corrected chi connectivity index (χ0v) is 12.0. The average Bonchev–Trinajstić information content (AvgIpc) is 2.91. The third-order valence-corrected chi connectivity index (χ3v) is 3.24. The van der Waals surface area contributed by atoms with Gasteiger partial charge in [-0.25, -0.2) is 4.98 Å². The molecule has 2 heterocycles. The second-order valence-electron chi connectivity index (χ2n) is 4.61. The summed E-state index contributed by atoms with van der Waals surface area (Å²) in [6, 6.07) is 9.30. The Morgan fingerprint density at radius 3 is 2.90 bits per heavy atom. The van der Waals surface area contributed by atoms with Gasteiger partial charge in [-0.1, -0.05) is 29.8 Å². The van der Waals surface area contributed by atoms with Gasteiger partial charge in [0.05, 0.1) is 18.4 Å². The number of nitrogens with zero attached hydrogens (tertiary/aromatic N) is 2. The number of hydrogen-bond donors (Lipinski definition) is 1. The molecule has 0 spiro atoms. The Morgan fingerprint density at radius 1 is 1.33 bits per heavy atom. The number of carbonyl (C=O) groups excluding carboxylic acids is 1. The molecule has 3 rings (SSSR count). The Labute approximate surface area is 126 Å². The molecule has 0 fully saturated rings. The first-order valence-electron chi connectivity index (χ1n) is 6.40. The largest absolute Gasteiger partial charge is 0.459 e. The lowest BCUT2D eigenvalue weighted by Crippen LogP contribution is -2.27. The second kappa shape index (κ2) is 5.54. The number of fused-ring (bicyclic) bond motifs is 1. The minimum Gasteiger partial charge on any atom is -0.459 e. The molecule has 6 heteroatoms. The number of rotatable bonds is 3. The van der Waals surface area contributed by atoms with Crippen molar-refractivity contribution in [1.82, 2.24) is 15.3 Å². The van der Waals surface area contributed by atoms with Gasteiger partial charge in [0.25, 0.3) is 5.91 Å². The molecular weight excluding hydrogens is 290 g/mol. The normalized spacial score (nSPS) is 12.3. The lowest BCUT2D eigenvalue weighted by atomic mass is 10.2. The van der Waals surface area contributed by atoms with E-state index in [1.165, 1.54) is 12.4 Å². The summed E-state index contributed by atoms with van der Waals surface area (Å²) < 4.78 is 5.71. The summed E-state index contributed by atoms with van der Waals surface area (Å²) in [7, 11) is 0. The molecule has 0 aliphatic rings. The lowest BCUT2D eigenvalue weighted by molar-refractivity contribution is 0.0930. The van der Waals surface area contributed by atoms with Crippen molar-refractivity contribution in [2.45, 2.75) is 13.0 Å². The highest BCUT2D eigenvalue weighted by Gasteiger charge is 2.16. The van der Waals surface area contributed by atoms with Crippen LogP contribution in [0, 0.1) is 0 Å². The third kappa shape index (κ3) is 2.87. The average molecular weight is 302 g/mol. The van der Waals surface area contributed by atoms with Crippen molar-refractivity contribution < 1.29 is 9.21 Å². The van der Waals surface area contributed by atoms with Gasteiger partial charge >= 0.3 is 0 Å². The van der Waals surface area contributed by atoms with Gasteiger partial charge in [0.1, 0.15) is 22.2 Å². The Kier molecular flexibility index (Phi) is 3.58. The van der Waals surface area contributed by atoms with Crippen molar-refractivity contribution in [2.75, 3.05) is 0 Å². The molecule has 0 saturated carbocycles. The van der Waals surface area contributed by atoms with Crippen LogP contribution in [0.1, 0.15) is 29.2 Å². The van der Waals surface area contributed by atoms with E-state index in [2.05, 4.69) is 15.3 Å². The maximum Gasteiger partial charge on any atom is 0.272 e. The number of halogens is 1. The summed E-state index contributed by atoms with van der Waals surface area (Å²) in [5.74, 6) is 0.331. The van der Waals surface area contributed by atoms with Gasteiger partial charge in [-0.3, -0.25) is 9.78 Å². The van der Waals surface area contributed by atoms with Crippen LogP contribution in [0.2, 0.25) is 5.15 Å². The number of carbonyl (C=O) groups is 1. The molecule has 1 aromatic carbocycles. The maximum atomic E-state index is 12.1. The zero-order chi connectivity index (χ0) is 14.8. The fraction of sp³-hybridized carbons (Fsp3) is 0.133. The van der Waals surface area contributed by atoms with Gasteiger partial charge in [0.15, 0.2) is 0 Å². The minimum absolute atomic E-state index is 0.172. The van der Waals surface area contributed by atoms with Crippen LogP contribution in [0.5, 0.6) is 0 Å². The monoisotopic (exact) mass is 301 g/mol. The molecule has 0 bridgehead atoms. The molecule has 2 aromatic heterocycles. The van der Waals surface area contributed by atoms with Crippen molar-refractivity contribution in [3.63, 3.8) is 0 Å². The molecule has 5 nitrogen and oxygen atoms in total. The van der Waals surface area contributed by atoms with Gasteiger partial charge in [-0.05, 0) is 19.1 Å². The summed E-state index contributed by atoms with van der Waals surface area (Å²) in [5, 5.41) is 3.98. The van der Waals surface area contributed by atoms with E-state index in [9.17, 15) is 4.79 Å². The number of hydrogen-bond acceptors (Lipinski definition) is 4. The van der Waals surface area contributed by atoms with Crippen LogP contribution < -0.4 is 5.32 Å². The van der Waals surface area contributed by atoms with Crippen molar-refractivity contribution in [3.05, 3.63) is 59.3 Å². The number of benzene rings is 1. The van der Waals surface area contributed by atoms with Crippen molar-refractivity contribution in [2.24, 2.45) is 0 Å². The van der Waals surface area contributed by atoms with E-state index in [4.69, 9.17) is 16.0 Å². The summed E-state index contributed by atoms with van der Waals surface area (Å²) in [5.41, 5.74) is 0.960. The molecule has 1 unspecified atom stereocenters. The quantitative estimate of drug-likeness (QED) is 0.805. The smallest absolute Gasteiger partial charge is 0.272 e. The fourth-order valence-electron chi connectivity index (χ4n) is 2.01. The van der Waals surface area contributed by atoms with E-state index < -0.39 is 0 Å². The molecule has 21 heavy (non-hydrogen) atoms. The van der Waals surface area contributed by atoms with Crippen molar-refractivity contribution in [1.29, 1.82) is 0 Å². The SMILES string of the molecule is CC(NC(=O)c1cncc(Cl)n1)c1cc2ccccc2o1. The summed E-state index contributed by atoms with van der Waals surface area (Å²) in [6.07, 6.45) is 2.74. The molecule has 0 aliphatic heterocycles. The van der Waals surface area contributed by atoms with E-state index in [0.717, 1.165) is 11.0 Å². The second-order valence-corrected chi connectivity index (χ2v) is 5.00. The molecular formula is C15H12ClN3O2. The van der Waals surface area contributed by atoms with Gasteiger partial charge in [-0.2, -0.15) is 0 Å². The number of para-hydroxylation sites is 1. The van der Waals surface area contributed by atoms with Crippen LogP contribution >= 0.6 is 11.6 Å². The zero-order valence-electron chi connectivity index (χ0n) is 11.2. The number of amides is 1. The number of furan rings is 1. The Bertz CT molecular complexity index is 767. The topological polar surface area (TPSA) is 68.0 Å². The van der Waals surface area contributed by atoms with E-state index in [1.807, 2.05) is 37.3 Å². The fourth-order valence-corrected chi connectivity index (χ4v) is 2.16. The predicted molar refractivity (Wildman–Crippen MR) is 79.1 cm³/mol. The van der Waals surface area contributed by atoms with Gasteiger partial charge in [-0.15, -0.1) is 0 Å². The molecule has 1 atom stereocenters. The lowest BCUT2D eigenvalue weighted by Gasteiger charge is -2.10. The van der Waals surface area contributed by atoms with Gasteiger partial charge in [0.2, 0.25) is 0 Å². The summed E-state index contributed by atoms with van der Waals surface area (Å²) in [4.78, 5) is 19.8. The van der Waals surface area contributed by atoms with Crippen LogP contribution in [-0.4, -0.2) is 15.9 Å². The highest BCUT2D eigenvalue weighted by molar-refractivity contribution is 6.29. The predicted octanol–water partition coefficient (Wildman–Crippen LogP) is 3.37. The van der Waals surface area contributed by atoms with Gasteiger partial charge < -0.3 is 9.73 Å². The minimum atomic E-state index is -0.349. The molecule has 1 amide bonds. The van der Waals surface area contributed by atoms with Crippen LogP contribution in [0.15, 0.2) is 47.1 Å². The number of nitrogens with one attached hydrogen (secondary N) is 1. The van der Waals surface area contributed by atoms with Crippen molar-refractivity contribution >= 4 is 28.5 Å². The molecule has 3 aromatic rings. The first-order chi connectivity index (χ1) is 10.1. The molecule has 106 valence electrons. The van der Waals surface area contributed by atoms with Crippen molar-refractivity contribution in [3.8, 4) is 0 Å². The van der Waals surface area contributed by atoms with Crippen LogP contribution in [0.3, 0.4) is 0 Å².